The zero-order valence-corrected chi connectivity index (χ0v) is 9.46. The number of hydrazone groups is 1. The van der Waals surface area contributed by atoms with Crippen molar-refractivity contribution >= 4 is 40.8 Å². The van der Waals surface area contributed by atoms with Crippen molar-refractivity contribution in [2.75, 3.05) is 0 Å². The Morgan fingerprint density at radius 1 is 1.69 bits per heavy atom. The van der Waals surface area contributed by atoms with Crippen LogP contribution in [0.15, 0.2) is 23.3 Å². The van der Waals surface area contributed by atoms with Crippen molar-refractivity contribution in [1.29, 1.82) is 0 Å². The molecule has 0 fully saturated rings. The van der Waals surface area contributed by atoms with Gasteiger partial charge in [0.2, 0.25) is 0 Å². The van der Waals surface area contributed by atoms with Crippen molar-refractivity contribution in [3.63, 3.8) is 0 Å². The number of hydrogen-bond donors (Lipinski definition) is 2. The highest BCUT2D eigenvalue weighted by Gasteiger charge is 2.07. The molecule has 0 heterocycles. The fraction of sp³-hybridized carbons (Fsp3) is 0. The van der Waals surface area contributed by atoms with Gasteiger partial charge in [-0.1, -0.05) is 11.6 Å². The van der Waals surface area contributed by atoms with Gasteiger partial charge in [0, 0.05) is 22.7 Å². The minimum Gasteiger partial charge on any atom is -0.375 e. The van der Waals surface area contributed by atoms with E-state index < -0.39 is 4.92 Å². The lowest BCUT2D eigenvalue weighted by molar-refractivity contribution is -0.384. The Kier molecular flexibility index (Phi) is 4.15. The van der Waals surface area contributed by atoms with Gasteiger partial charge in [-0.15, -0.1) is 0 Å². The number of nitrogens with zero attached hydrogens (tertiary/aromatic N) is 2. The number of hydrogen-bond acceptors (Lipinski definition) is 4. The van der Waals surface area contributed by atoms with Crippen LogP contribution in [0, 0.1) is 10.1 Å². The maximum Gasteiger partial charge on any atom is 0.270 e. The third-order valence-electron chi connectivity index (χ3n) is 1.57. The summed E-state index contributed by atoms with van der Waals surface area (Å²) in [6.45, 7) is 0. The first-order valence-corrected chi connectivity index (χ1v) is 4.82. The summed E-state index contributed by atoms with van der Waals surface area (Å²) in [7, 11) is 0. The molecule has 1 aromatic carbocycles. The molecule has 0 radical (unpaired) electrons. The van der Waals surface area contributed by atoms with Crippen LogP contribution in [0.2, 0.25) is 5.02 Å². The standard InChI is InChI=1S/C8H7ClN4O2S/c9-7-2-1-6(13(14)15)3-5(7)4-11-12-8(10)16/h1-4H,(H3,10,12,16). The number of nitrogens with two attached hydrogens (primary N) is 1. The summed E-state index contributed by atoms with van der Waals surface area (Å²) in [5.74, 6) is 0. The van der Waals surface area contributed by atoms with E-state index in [0.29, 0.717) is 10.6 Å². The summed E-state index contributed by atoms with van der Waals surface area (Å²) in [6, 6.07) is 4.02. The predicted molar refractivity (Wildman–Crippen MR) is 65.6 cm³/mol. The third kappa shape index (κ3) is 3.44. The van der Waals surface area contributed by atoms with Crippen molar-refractivity contribution in [3.05, 3.63) is 38.9 Å². The zero-order chi connectivity index (χ0) is 12.1. The number of benzene rings is 1. The first-order chi connectivity index (χ1) is 7.50. The molecule has 0 spiro atoms. The van der Waals surface area contributed by atoms with Crippen LogP contribution in [0.1, 0.15) is 5.56 Å². The van der Waals surface area contributed by atoms with Gasteiger partial charge in [-0.05, 0) is 18.3 Å². The average molecular weight is 259 g/mol. The van der Waals surface area contributed by atoms with Crippen molar-refractivity contribution in [2.24, 2.45) is 10.8 Å². The monoisotopic (exact) mass is 258 g/mol. The Balaban J connectivity index is 2.94. The van der Waals surface area contributed by atoms with Gasteiger partial charge in [0.1, 0.15) is 0 Å². The molecule has 0 aliphatic heterocycles. The van der Waals surface area contributed by atoms with E-state index in [0.717, 1.165) is 0 Å². The Morgan fingerprint density at radius 2 is 2.38 bits per heavy atom. The van der Waals surface area contributed by atoms with E-state index in [1.54, 1.807) is 0 Å². The largest absolute Gasteiger partial charge is 0.375 e. The maximum absolute atomic E-state index is 10.5. The highest BCUT2D eigenvalue weighted by molar-refractivity contribution is 7.80. The van der Waals surface area contributed by atoms with Crippen molar-refractivity contribution in [1.82, 2.24) is 5.43 Å². The first-order valence-electron chi connectivity index (χ1n) is 4.03. The molecule has 8 heteroatoms. The van der Waals surface area contributed by atoms with Crippen molar-refractivity contribution in [3.8, 4) is 0 Å². The second-order valence-corrected chi connectivity index (χ2v) is 3.54. The molecule has 6 nitrogen and oxygen atoms in total. The van der Waals surface area contributed by atoms with Gasteiger partial charge in [0.15, 0.2) is 5.11 Å². The number of halogens is 1. The molecule has 84 valence electrons. The molecule has 0 aromatic heterocycles. The van der Waals surface area contributed by atoms with Gasteiger partial charge >= 0.3 is 0 Å². The number of rotatable bonds is 3. The van der Waals surface area contributed by atoms with Gasteiger partial charge in [-0.2, -0.15) is 5.10 Å². The van der Waals surface area contributed by atoms with E-state index in [2.05, 4.69) is 22.7 Å². The lowest BCUT2D eigenvalue weighted by Crippen LogP contribution is -2.24. The minimum atomic E-state index is -0.519. The molecule has 0 saturated carbocycles. The van der Waals surface area contributed by atoms with Crippen LogP contribution in [0.4, 0.5) is 5.69 Å². The predicted octanol–water partition coefficient (Wildman–Crippen LogP) is 1.42. The normalized spacial score (nSPS) is 10.3. The van der Waals surface area contributed by atoms with Gasteiger partial charge < -0.3 is 5.73 Å². The van der Waals surface area contributed by atoms with E-state index in [4.69, 9.17) is 17.3 Å². The molecule has 0 saturated heterocycles. The molecule has 1 rings (SSSR count). The number of thiocarbonyl (C=S) groups is 1. The fourth-order valence-corrected chi connectivity index (χ4v) is 1.13. The Bertz CT molecular complexity index is 463. The summed E-state index contributed by atoms with van der Waals surface area (Å²) in [6.07, 6.45) is 1.30. The number of non-ortho nitro benzene ring substituents is 1. The zero-order valence-electron chi connectivity index (χ0n) is 7.88. The van der Waals surface area contributed by atoms with E-state index in [1.807, 2.05) is 0 Å². The third-order valence-corrected chi connectivity index (χ3v) is 2.00. The quantitative estimate of drug-likeness (QED) is 0.370. The van der Waals surface area contributed by atoms with Crippen LogP contribution in [0.5, 0.6) is 0 Å². The maximum atomic E-state index is 10.5. The average Bonchev–Trinajstić information content (AvgIpc) is 2.20. The number of nitro groups is 1. The summed E-state index contributed by atoms with van der Waals surface area (Å²) < 4.78 is 0. The van der Waals surface area contributed by atoms with Crippen LogP contribution in [-0.4, -0.2) is 16.3 Å². The summed E-state index contributed by atoms with van der Waals surface area (Å²) >= 11 is 10.3. The van der Waals surface area contributed by atoms with Gasteiger partial charge in [0.25, 0.3) is 5.69 Å². The number of nitro benzene ring substituents is 1. The molecule has 0 aliphatic rings. The molecule has 0 bridgehead atoms. The molecular formula is C8H7ClN4O2S. The second kappa shape index (κ2) is 5.38. The van der Waals surface area contributed by atoms with Gasteiger partial charge in [0.05, 0.1) is 11.1 Å². The van der Waals surface area contributed by atoms with Crippen LogP contribution in [-0.2, 0) is 0 Å². The van der Waals surface area contributed by atoms with E-state index in [1.165, 1.54) is 24.4 Å². The molecule has 0 unspecified atom stereocenters. The van der Waals surface area contributed by atoms with E-state index in [9.17, 15) is 10.1 Å². The Hall–Kier alpha value is -1.73. The lowest BCUT2D eigenvalue weighted by Gasteiger charge is -1.98. The van der Waals surface area contributed by atoms with E-state index >= 15 is 0 Å². The molecule has 3 N–H and O–H groups in total. The summed E-state index contributed by atoms with van der Waals surface area (Å²) in [4.78, 5) is 9.99. The topological polar surface area (TPSA) is 93.5 Å². The highest BCUT2D eigenvalue weighted by Crippen LogP contribution is 2.20. The Morgan fingerprint density at radius 3 is 2.94 bits per heavy atom. The summed E-state index contributed by atoms with van der Waals surface area (Å²) in [5, 5.41) is 14.5. The molecular weight excluding hydrogens is 252 g/mol. The first kappa shape index (κ1) is 12.3. The van der Waals surface area contributed by atoms with Crippen molar-refractivity contribution in [2.45, 2.75) is 0 Å². The molecule has 0 amide bonds. The van der Waals surface area contributed by atoms with Gasteiger partial charge in [-0.3, -0.25) is 15.5 Å². The number of nitrogens with one attached hydrogen (secondary N) is 1. The van der Waals surface area contributed by atoms with E-state index in [-0.39, 0.29) is 10.8 Å². The van der Waals surface area contributed by atoms with Crippen LogP contribution < -0.4 is 11.2 Å². The Labute approximate surface area is 101 Å². The van der Waals surface area contributed by atoms with Gasteiger partial charge in [-0.25, -0.2) is 0 Å². The molecule has 0 atom stereocenters. The van der Waals surface area contributed by atoms with Crippen LogP contribution in [0.3, 0.4) is 0 Å². The van der Waals surface area contributed by atoms with Crippen LogP contribution >= 0.6 is 23.8 Å². The highest BCUT2D eigenvalue weighted by atomic mass is 35.5. The fourth-order valence-electron chi connectivity index (χ4n) is 0.909. The SMILES string of the molecule is NC(=S)NN=Cc1cc([N+](=O)[O-])ccc1Cl. The lowest BCUT2D eigenvalue weighted by atomic mass is 10.2. The van der Waals surface area contributed by atoms with Crippen molar-refractivity contribution < 1.29 is 4.92 Å². The summed E-state index contributed by atoms with van der Waals surface area (Å²) in [5.41, 5.74) is 7.79. The molecule has 16 heavy (non-hydrogen) atoms. The minimum absolute atomic E-state index is 0.00203. The molecule has 1 aromatic rings. The smallest absolute Gasteiger partial charge is 0.270 e. The van der Waals surface area contributed by atoms with Crippen LogP contribution in [0.25, 0.3) is 0 Å². The molecule has 0 aliphatic carbocycles. The second-order valence-electron chi connectivity index (χ2n) is 2.70.